The van der Waals surface area contributed by atoms with Crippen LogP contribution >= 0.6 is 0 Å². The summed E-state index contributed by atoms with van der Waals surface area (Å²) in [6, 6.07) is 9.16. The van der Waals surface area contributed by atoms with Crippen LogP contribution in [0, 0.1) is 12.8 Å². The zero-order valence-corrected chi connectivity index (χ0v) is 10.5. The number of hydrogen-bond acceptors (Lipinski definition) is 1. The molecule has 16 heavy (non-hydrogen) atoms. The van der Waals surface area contributed by atoms with E-state index in [2.05, 4.69) is 43.4 Å². The molecule has 1 heteroatoms. The van der Waals surface area contributed by atoms with E-state index in [0.717, 1.165) is 5.92 Å². The van der Waals surface area contributed by atoms with Crippen LogP contribution in [0.25, 0.3) is 0 Å². The summed E-state index contributed by atoms with van der Waals surface area (Å²) < 4.78 is 0. The lowest BCUT2D eigenvalue weighted by atomic mass is 9.83. The Morgan fingerprint density at radius 1 is 1.31 bits per heavy atom. The Kier molecular flexibility index (Phi) is 4.00. The highest BCUT2D eigenvalue weighted by Gasteiger charge is 2.17. The third kappa shape index (κ3) is 2.85. The van der Waals surface area contributed by atoms with Crippen LogP contribution in [0.2, 0.25) is 0 Å². The molecule has 1 aliphatic carbocycles. The summed E-state index contributed by atoms with van der Waals surface area (Å²) >= 11 is 0. The number of aryl methyl sites for hydroxylation is 1. The Bertz CT molecular complexity index is 328. The van der Waals surface area contributed by atoms with Gasteiger partial charge in [0.2, 0.25) is 0 Å². The quantitative estimate of drug-likeness (QED) is 0.790. The molecule has 0 saturated heterocycles. The van der Waals surface area contributed by atoms with Gasteiger partial charge in [0.05, 0.1) is 0 Å². The molecular weight excluding hydrogens is 194 g/mol. The minimum atomic E-state index is 0.487. The summed E-state index contributed by atoms with van der Waals surface area (Å²) in [7, 11) is 0. The largest absolute Gasteiger partial charge is 0.310 e. The van der Waals surface area contributed by atoms with Crippen molar-refractivity contribution in [3.05, 3.63) is 35.4 Å². The van der Waals surface area contributed by atoms with Crippen LogP contribution < -0.4 is 5.32 Å². The fourth-order valence-electron chi connectivity index (χ4n) is 2.47. The normalized spacial score (nSPS) is 18.1. The van der Waals surface area contributed by atoms with E-state index in [9.17, 15) is 0 Å². The topological polar surface area (TPSA) is 12.0 Å². The summed E-state index contributed by atoms with van der Waals surface area (Å²) in [4.78, 5) is 0. The number of rotatable bonds is 5. The monoisotopic (exact) mass is 217 g/mol. The predicted octanol–water partition coefficient (Wildman–Crippen LogP) is 3.84. The third-order valence-electron chi connectivity index (χ3n) is 3.88. The molecule has 1 aliphatic rings. The maximum atomic E-state index is 3.64. The van der Waals surface area contributed by atoms with Crippen molar-refractivity contribution in [3.63, 3.8) is 0 Å². The molecule has 0 spiro atoms. The van der Waals surface area contributed by atoms with E-state index < -0.39 is 0 Å². The van der Waals surface area contributed by atoms with Gasteiger partial charge in [0.15, 0.2) is 0 Å². The van der Waals surface area contributed by atoms with Crippen molar-refractivity contribution in [2.45, 2.75) is 45.6 Å². The van der Waals surface area contributed by atoms with Gasteiger partial charge in [0.1, 0.15) is 0 Å². The first-order valence-electron chi connectivity index (χ1n) is 6.56. The van der Waals surface area contributed by atoms with Crippen LogP contribution in [0.3, 0.4) is 0 Å². The van der Waals surface area contributed by atoms with E-state index >= 15 is 0 Å². The van der Waals surface area contributed by atoms with Gasteiger partial charge in [-0.25, -0.2) is 0 Å². The van der Waals surface area contributed by atoms with Crippen molar-refractivity contribution in [1.29, 1.82) is 0 Å². The molecule has 0 amide bonds. The molecule has 0 aliphatic heterocycles. The molecule has 0 heterocycles. The van der Waals surface area contributed by atoms with Crippen LogP contribution in [0.15, 0.2) is 24.3 Å². The number of benzene rings is 1. The van der Waals surface area contributed by atoms with Crippen LogP contribution in [0.1, 0.15) is 49.8 Å². The van der Waals surface area contributed by atoms with Crippen molar-refractivity contribution in [1.82, 2.24) is 5.32 Å². The van der Waals surface area contributed by atoms with Gasteiger partial charge in [-0.05, 0) is 43.9 Å². The van der Waals surface area contributed by atoms with E-state index in [1.165, 1.54) is 43.4 Å². The highest BCUT2D eigenvalue weighted by molar-refractivity contribution is 5.28. The van der Waals surface area contributed by atoms with Crippen molar-refractivity contribution >= 4 is 0 Å². The molecule has 1 atom stereocenters. The van der Waals surface area contributed by atoms with Gasteiger partial charge in [0.25, 0.3) is 0 Å². The van der Waals surface area contributed by atoms with Crippen molar-refractivity contribution < 1.29 is 0 Å². The van der Waals surface area contributed by atoms with Crippen molar-refractivity contribution in [2.24, 2.45) is 5.92 Å². The lowest BCUT2D eigenvalue weighted by Crippen LogP contribution is -2.24. The average molecular weight is 217 g/mol. The van der Waals surface area contributed by atoms with Gasteiger partial charge >= 0.3 is 0 Å². The van der Waals surface area contributed by atoms with E-state index in [1.54, 1.807) is 0 Å². The molecule has 0 radical (unpaired) electrons. The van der Waals surface area contributed by atoms with E-state index in [-0.39, 0.29) is 0 Å². The second-order valence-electron chi connectivity index (χ2n) is 5.12. The maximum Gasteiger partial charge on any atom is 0.0294 e. The van der Waals surface area contributed by atoms with Gasteiger partial charge in [-0.15, -0.1) is 0 Å². The molecule has 1 saturated carbocycles. The van der Waals surface area contributed by atoms with Gasteiger partial charge in [-0.1, -0.05) is 43.5 Å². The number of hydrogen-bond donors (Lipinski definition) is 1. The molecule has 0 aromatic heterocycles. The Hall–Kier alpha value is -0.820. The molecule has 2 rings (SSSR count). The standard InChI is InChI=1S/C15H23N/c1-12-6-3-4-9-15(12)13(2)16-11-10-14-7-5-8-14/h3-4,6,9,13-14,16H,5,7-8,10-11H2,1-2H3. The molecule has 1 fully saturated rings. The van der Waals surface area contributed by atoms with Gasteiger partial charge < -0.3 is 5.32 Å². The molecule has 88 valence electrons. The second-order valence-corrected chi connectivity index (χ2v) is 5.12. The minimum Gasteiger partial charge on any atom is -0.310 e. The van der Waals surface area contributed by atoms with Crippen molar-refractivity contribution in [3.8, 4) is 0 Å². The van der Waals surface area contributed by atoms with Gasteiger partial charge in [-0.2, -0.15) is 0 Å². The first kappa shape index (κ1) is 11.7. The smallest absolute Gasteiger partial charge is 0.0294 e. The highest BCUT2D eigenvalue weighted by atomic mass is 14.9. The lowest BCUT2D eigenvalue weighted by molar-refractivity contribution is 0.288. The Labute approximate surface area is 99.3 Å². The van der Waals surface area contributed by atoms with Crippen LogP contribution in [-0.2, 0) is 0 Å². The molecule has 1 aromatic carbocycles. The molecule has 1 aromatic rings. The van der Waals surface area contributed by atoms with Gasteiger partial charge in [-0.3, -0.25) is 0 Å². The molecule has 1 N–H and O–H groups in total. The summed E-state index contributed by atoms with van der Waals surface area (Å²) in [6.45, 7) is 5.63. The number of nitrogens with one attached hydrogen (secondary N) is 1. The van der Waals surface area contributed by atoms with Gasteiger partial charge in [0, 0.05) is 6.04 Å². The van der Waals surface area contributed by atoms with Crippen LogP contribution in [0.4, 0.5) is 0 Å². The lowest BCUT2D eigenvalue weighted by Gasteiger charge is -2.26. The molecular formula is C15H23N. The summed E-state index contributed by atoms with van der Waals surface area (Å²) in [6.07, 6.45) is 5.73. The zero-order valence-electron chi connectivity index (χ0n) is 10.5. The third-order valence-corrected chi connectivity index (χ3v) is 3.88. The second kappa shape index (κ2) is 5.49. The first-order valence-corrected chi connectivity index (χ1v) is 6.56. The van der Waals surface area contributed by atoms with Crippen LogP contribution in [0.5, 0.6) is 0 Å². The van der Waals surface area contributed by atoms with E-state index in [4.69, 9.17) is 0 Å². The zero-order chi connectivity index (χ0) is 11.4. The summed E-state index contributed by atoms with van der Waals surface area (Å²) in [5, 5.41) is 3.64. The van der Waals surface area contributed by atoms with Crippen LogP contribution in [-0.4, -0.2) is 6.54 Å². The molecule has 1 nitrogen and oxygen atoms in total. The van der Waals surface area contributed by atoms with E-state index in [1.807, 2.05) is 0 Å². The molecule has 1 unspecified atom stereocenters. The Morgan fingerprint density at radius 3 is 2.69 bits per heavy atom. The molecule has 0 bridgehead atoms. The Morgan fingerprint density at radius 2 is 2.06 bits per heavy atom. The SMILES string of the molecule is Cc1ccccc1C(C)NCCC1CCC1. The fraction of sp³-hybridized carbons (Fsp3) is 0.600. The Balaban J connectivity index is 1.78. The average Bonchev–Trinajstić information content (AvgIpc) is 2.22. The predicted molar refractivity (Wildman–Crippen MR) is 69.6 cm³/mol. The highest BCUT2D eigenvalue weighted by Crippen LogP contribution is 2.29. The van der Waals surface area contributed by atoms with Crippen molar-refractivity contribution in [2.75, 3.05) is 6.54 Å². The maximum absolute atomic E-state index is 3.64. The summed E-state index contributed by atoms with van der Waals surface area (Å²) in [5.41, 5.74) is 2.84. The summed E-state index contributed by atoms with van der Waals surface area (Å²) in [5.74, 6) is 1.01. The first-order chi connectivity index (χ1) is 7.77. The minimum absolute atomic E-state index is 0.487. The fourth-order valence-corrected chi connectivity index (χ4v) is 2.47. The van der Waals surface area contributed by atoms with E-state index in [0.29, 0.717) is 6.04 Å².